The minimum atomic E-state index is -2.11. The van der Waals surface area contributed by atoms with Crippen molar-refractivity contribution in [1.29, 1.82) is 0 Å². The Morgan fingerprint density at radius 1 is 0.810 bits per heavy atom. The zero-order valence-electron chi connectivity index (χ0n) is 25.6. The molecule has 3 aromatic carbocycles. The van der Waals surface area contributed by atoms with Gasteiger partial charge >= 0.3 is 0 Å². The van der Waals surface area contributed by atoms with Crippen molar-refractivity contribution in [1.82, 2.24) is 0 Å². The van der Waals surface area contributed by atoms with Crippen LogP contribution in [0.3, 0.4) is 0 Å². The third kappa shape index (κ3) is 7.22. The minimum absolute atomic E-state index is 0.186. The molecule has 3 N–H and O–H groups in total. The lowest BCUT2D eigenvalue weighted by atomic mass is 9.71. The number of alkyl halides is 1. The van der Waals surface area contributed by atoms with E-state index in [1.54, 1.807) is 54.6 Å². The molecule has 3 rings (SSSR count). The first-order chi connectivity index (χ1) is 19.8. The van der Waals surface area contributed by atoms with Gasteiger partial charge in [-0.05, 0) is 59.4 Å². The third-order valence-electron chi connectivity index (χ3n) is 8.24. The number of rotatable bonds is 14. The van der Waals surface area contributed by atoms with Gasteiger partial charge in [0, 0.05) is 23.2 Å². The number of carbonyl (C=O) groups is 3. The van der Waals surface area contributed by atoms with Crippen LogP contribution in [0.25, 0.3) is 0 Å². The van der Waals surface area contributed by atoms with E-state index in [4.69, 9.17) is 22.1 Å². The lowest BCUT2D eigenvalue weighted by Crippen LogP contribution is -2.44. The summed E-state index contributed by atoms with van der Waals surface area (Å²) < 4.78 is 6.29. The molecule has 1 unspecified atom stereocenters. The van der Waals surface area contributed by atoms with Crippen LogP contribution in [0.4, 0.5) is 5.69 Å². The van der Waals surface area contributed by atoms with Gasteiger partial charge in [-0.3, -0.25) is 14.4 Å². The molecule has 0 radical (unpaired) electrons. The number of hydrogen-bond acceptors (Lipinski definition) is 4. The van der Waals surface area contributed by atoms with E-state index in [1.807, 2.05) is 12.1 Å². The molecule has 0 spiro atoms. The molecule has 2 amide bonds. The van der Waals surface area contributed by atoms with Gasteiger partial charge in [0.15, 0.2) is 5.78 Å². The largest absolute Gasteiger partial charge is 0.493 e. The van der Waals surface area contributed by atoms with Crippen molar-refractivity contribution in [2.24, 2.45) is 5.73 Å². The van der Waals surface area contributed by atoms with Gasteiger partial charge in [0.1, 0.15) is 5.75 Å². The normalized spacial score (nSPS) is 13.2. The molecular weight excluding hydrogens is 548 g/mol. The second-order valence-corrected chi connectivity index (χ2v) is 12.5. The maximum atomic E-state index is 14.4. The van der Waals surface area contributed by atoms with Crippen LogP contribution in [0.1, 0.15) is 94.3 Å². The lowest BCUT2D eigenvalue weighted by Gasteiger charge is -2.36. The number of hydrogen-bond donors (Lipinski definition) is 2. The van der Waals surface area contributed by atoms with Crippen LogP contribution in [0.2, 0.25) is 0 Å². The first-order valence-corrected chi connectivity index (χ1v) is 14.9. The molecule has 3 aromatic rings. The summed E-state index contributed by atoms with van der Waals surface area (Å²) in [7, 11) is 0. The maximum absolute atomic E-state index is 14.4. The summed E-state index contributed by atoms with van der Waals surface area (Å²) >= 11 is 7.42. The van der Waals surface area contributed by atoms with Crippen molar-refractivity contribution in [3.05, 3.63) is 95.1 Å². The van der Waals surface area contributed by atoms with E-state index in [0.717, 1.165) is 24.0 Å². The molecule has 0 saturated heterocycles. The van der Waals surface area contributed by atoms with Crippen LogP contribution in [-0.2, 0) is 25.3 Å². The molecule has 6 nitrogen and oxygen atoms in total. The molecule has 0 saturated carbocycles. The van der Waals surface area contributed by atoms with Crippen molar-refractivity contribution in [2.45, 2.75) is 82.9 Å². The predicted molar refractivity (Wildman–Crippen MR) is 170 cm³/mol. The fraction of sp³-hybridized carbons (Fsp3) is 0.400. The monoisotopic (exact) mass is 590 g/mol. The van der Waals surface area contributed by atoms with E-state index in [0.29, 0.717) is 29.0 Å². The summed E-state index contributed by atoms with van der Waals surface area (Å²) in [5, 5.41) is 2.88. The smallest absolute Gasteiger partial charge is 0.258 e. The number of anilines is 1. The van der Waals surface area contributed by atoms with Crippen LogP contribution in [-0.4, -0.2) is 24.2 Å². The Kier molecular flexibility index (Phi) is 10.6. The highest BCUT2D eigenvalue weighted by Gasteiger charge is 2.49. The van der Waals surface area contributed by atoms with Crippen LogP contribution >= 0.6 is 11.6 Å². The quantitative estimate of drug-likeness (QED) is 0.0871. The van der Waals surface area contributed by atoms with Crippen LogP contribution in [0.5, 0.6) is 5.75 Å². The molecule has 0 bridgehead atoms. The molecule has 0 aliphatic carbocycles. The Morgan fingerprint density at radius 3 is 1.90 bits per heavy atom. The second-order valence-electron chi connectivity index (χ2n) is 12.0. The Morgan fingerprint density at radius 2 is 1.36 bits per heavy atom. The maximum Gasteiger partial charge on any atom is 0.258 e. The minimum Gasteiger partial charge on any atom is -0.493 e. The van der Waals surface area contributed by atoms with E-state index in [-0.39, 0.29) is 18.4 Å². The number of carbonyl (C=O) groups excluding carboxylic acids is 3. The summed E-state index contributed by atoms with van der Waals surface area (Å²) in [6.07, 6.45) is 2.17. The van der Waals surface area contributed by atoms with Crippen LogP contribution in [0.15, 0.2) is 72.8 Å². The average molecular weight is 591 g/mol. The number of para-hydroxylation sites is 1. The highest BCUT2D eigenvalue weighted by Crippen LogP contribution is 2.47. The lowest BCUT2D eigenvalue weighted by molar-refractivity contribution is -0.118. The number of Topliss-reactive ketones (excluding diaryl/α,β-unsaturated/α-hetero) is 1. The number of ether oxygens (including phenoxy) is 1. The number of amides is 2. The summed E-state index contributed by atoms with van der Waals surface area (Å²) in [6.45, 7) is 12.8. The number of primary amides is 1. The fourth-order valence-electron chi connectivity index (χ4n) is 4.76. The van der Waals surface area contributed by atoms with Crippen molar-refractivity contribution in [3.63, 3.8) is 0 Å². The highest BCUT2D eigenvalue weighted by atomic mass is 35.5. The van der Waals surface area contributed by atoms with E-state index < -0.39 is 27.9 Å². The molecule has 0 heterocycles. The molecule has 7 heteroatoms. The Labute approximate surface area is 255 Å². The number of halogens is 1. The number of nitrogens with two attached hydrogens (primary N) is 1. The van der Waals surface area contributed by atoms with Crippen molar-refractivity contribution in [3.8, 4) is 5.75 Å². The summed E-state index contributed by atoms with van der Waals surface area (Å²) in [5.41, 5.74) is 7.57. The van der Waals surface area contributed by atoms with E-state index in [9.17, 15) is 14.4 Å². The Balaban J connectivity index is 2.34. The molecule has 1 atom stereocenters. The number of benzene rings is 3. The van der Waals surface area contributed by atoms with E-state index in [2.05, 4.69) is 52.9 Å². The van der Waals surface area contributed by atoms with Crippen LogP contribution < -0.4 is 15.8 Å². The number of nitrogens with one attached hydrogen (secondary N) is 1. The highest BCUT2D eigenvalue weighted by molar-refractivity contribution is 6.49. The van der Waals surface area contributed by atoms with Gasteiger partial charge < -0.3 is 15.8 Å². The van der Waals surface area contributed by atoms with Crippen molar-refractivity contribution in [2.75, 3.05) is 11.9 Å². The molecule has 224 valence electrons. The summed E-state index contributed by atoms with van der Waals surface area (Å²) in [5.74, 6) is -1.07. The zero-order valence-corrected chi connectivity index (χ0v) is 26.3. The van der Waals surface area contributed by atoms with Gasteiger partial charge in [0.2, 0.25) is 10.8 Å². The average Bonchev–Trinajstić information content (AvgIpc) is 2.98. The van der Waals surface area contributed by atoms with E-state index >= 15 is 0 Å². The third-order valence-corrected chi connectivity index (χ3v) is 8.78. The fourth-order valence-corrected chi connectivity index (χ4v) is 5.07. The van der Waals surface area contributed by atoms with Gasteiger partial charge in [-0.15, -0.1) is 0 Å². The summed E-state index contributed by atoms with van der Waals surface area (Å²) in [6, 6.07) is 21.4. The van der Waals surface area contributed by atoms with Crippen molar-refractivity contribution >= 4 is 34.9 Å². The topological polar surface area (TPSA) is 98.5 Å². The predicted octanol–water partition coefficient (Wildman–Crippen LogP) is 7.66. The standard InChI is InChI=1S/C35H43ClN2O4/c1-7-33(3,4)26-22-28(34(5,6)8-2)29(42-21-15-20-30(37)39)23-27(26)35(36,31(40)24-16-11-9-12-17-24)32(41)38-25-18-13-10-14-19-25/h9-14,16-19,22-23H,7-8,15,20-21H2,1-6H3,(H2,37,39)(H,38,41). The van der Waals surface area contributed by atoms with Gasteiger partial charge in [0.05, 0.1) is 6.61 Å². The molecule has 42 heavy (non-hydrogen) atoms. The van der Waals surface area contributed by atoms with Crippen molar-refractivity contribution < 1.29 is 19.1 Å². The molecular formula is C35H43ClN2O4. The number of ketones is 1. The van der Waals surface area contributed by atoms with Gasteiger partial charge in [-0.25, -0.2) is 0 Å². The molecule has 0 aliphatic rings. The summed E-state index contributed by atoms with van der Waals surface area (Å²) in [4.78, 5) is 37.9. The molecule has 0 fully saturated rings. The first-order valence-electron chi connectivity index (χ1n) is 14.5. The first kappa shape index (κ1) is 32.9. The van der Waals surface area contributed by atoms with Gasteiger partial charge in [-0.2, -0.15) is 0 Å². The second kappa shape index (κ2) is 13.6. The SMILES string of the molecule is CCC(C)(C)c1cc(C(C)(C)CC)c(C(Cl)(C(=O)Nc2ccccc2)C(=O)c2ccccc2)cc1OCCCC(N)=O. The molecule has 0 aliphatic heterocycles. The Bertz CT molecular complexity index is 1400. The zero-order chi connectivity index (χ0) is 31.1. The molecule has 0 aromatic heterocycles. The van der Waals surface area contributed by atoms with Gasteiger partial charge in [-0.1, -0.05) is 108 Å². The Hall–Kier alpha value is -3.64. The van der Waals surface area contributed by atoms with Crippen LogP contribution in [0, 0.1) is 0 Å². The van der Waals surface area contributed by atoms with E-state index in [1.165, 1.54) is 0 Å². The van der Waals surface area contributed by atoms with Gasteiger partial charge in [0.25, 0.3) is 5.91 Å².